The molecule has 0 saturated heterocycles. The molecule has 2 aromatic heterocycles. The number of benzene rings is 2. The van der Waals surface area contributed by atoms with Crippen molar-refractivity contribution in [2.75, 3.05) is 13.1 Å². The first-order chi connectivity index (χ1) is 21.6. The minimum atomic E-state index is -4.31. The number of aromatic nitrogens is 4. The van der Waals surface area contributed by atoms with Crippen LogP contribution in [0.25, 0.3) is 17.3 Å². The van der Waals surface area contributed by atoms with Crippen LogP contribution in [0, 0.1) is 27.6 Å². The van der Waals surface area contributed by atoms with E-state index >= 15 is 0 Å². The van der Waals surface area contributed by atoms with Gasteiger partial charge >= 0.3 is 7.44 Å². The summed E-state index contributed by atoms with van der Waals surface area (Å²) in [6, 6.07) is 13.6. The van der Waals surface area contributed by atoms with Gasteiger partial charge < -0.3 is 19.9 Å². The van der Waals surface area contributed by atoms with Gasteiger partial charge in [0.1, 0.15) is 49.3 Å². The third kappa shape index (κ3) is 6.08. The van der Waals surface area contributed by atoms with Crippen molar-refractivity contribution < 1.29 is 27.4 Å². The Balaban J connectivity index is 1.63. The van der Waals surface area contributed by atoms with Gasteiger partial charge in [-0.1, -0.05) is 30.4 Å². The molecule has 5 rings (SSSR count). The topological polar surface area (TPSA) is 155 Å². The summed E-state index contributed by atoms with van der Waals surface area (Å²) in [5, 5.41) is 39.9. The molecule has 232 valence electrons. The molecule has 1 aliphatic rings. The van der Waals surface area contributed by atoms with Gasteiger partial charge in [-0.05, 0) is 55.2 Å². The van der Waals surface area contributed by atoms with Crippen LogP contribution in [0.1, 0.15) is 41.5 Å². The molecule has 15 heteroatoms. The predicted octanol–water partition coefficient (Wildman–Crippen LogP) is 5.64. The molecule has 1 aliphatic carbocycles. The summed E-state index contributed by atoms with van der Waals surface area (Å²) in [6.07, 6.45) is 6.93. The second-order valence-electron chi connectivity index (χ2n) is 10.4. The minimum absolute atomic E-state index is 0.0992. The molecule has 0 unspecified atom stereocenters. The van der Waals surface area contributed by atoms with E-state index in [-0.39, 0.29) is 15.6 Å². The number of ether oxygens (including phenoxy) is 2. The van der Waals surface area contributed by atoms with Crippen molar-refractivity contribution in [3.63, 3.8) is 0 Å². The maximum absolute atomic E-state index is 14.6. The lowest BCUT2D eigenvalue weighted by atomic mass is 9.76. The van der Waals surface area contributed by atoms with Crippen LogP contribution >= 0.6 is 18.8 Å². The number of nitrogens with zero attached hydrogens (tertiary/aromatic N) is 7. The number of hydrogen-bond donors (Lipinski definition) is 0. The Bertz CT molecular complexity index is 1820. The Morgan fingerprint density at radius 3 is 2.58 bits per heavy atom. The van der Waals surface area contributed by atoms with Gasteiger partial charge in [-0.25, -0.2) is 19.0 Å². The lowest BCUT2D eigenvalue weighted by Gasteiger charge is -2.41. The molecule has 0 amide bonds. The number of halogens is 1. The molecule has 0 N–H and O–H groups in total. The molecule has 4 aromatic rings. The zero-order valence-electron chi connectivity index (χ0n) is 24.3. The highest BCUT2D eigenvalue weighted by Gasteiger charge is 2.65. The standard InChI is InChI=1S/C30H29FN7O5PS/c1-4-5-24-14-25(31)10-11-26(24)30(17-38-19-33-18-34-38,43-20-42-21-44(41,36(2)39)37(3)40)29(12-13-29)28-35-27(16-45-28)23-8-6-22(15-32)7-9-23/h4-11,14,16,18-19H,2-3,12-13,17,20-21H2,1H3/b5-4-/t30-/m0/s1. The van der Waals surface area contributed by atoms with E-state index < -0.39 is 37.4 Å². The third-order valence-electron chi connectivity index (χ3n) is 7.74. The first-order valence-corrected chi connectivity index (χ1v) is 16.4. The normalized spacial score (nSPS) is 15.4. The smallest absolute Gasteiger partial charge is 0.613 e. The molecule has 12 nitrogen and oxygen atoms in total. The molecule has 0 radical (unpaired) electrons. The lowest BCUT2D eigenvalue weighted by molar-refractivity contribution is -0.408. The molecular weight excluding hydrogens is 620 g/mol. The van der Waals surface area contributed by atoms with Crippen LogP contribution in [0.3, 0.4) is 0 Å². The fourth-order valence-corrected chi connectivity index (χ4v) is 7.26. The molecule has 0 spiro atoms. The zero-order chi connectivity index (χ0) is 32.2. The van der Waals surface area contributed by atoms with Crippen molar-refractivity contribution in [2.45, 2.75) is 37.3 Å². The van der Waals surface area contributed by atoms with Gasteiger partial charge in [-0.15, -0.1) is 20.4 Å². The SMILES string of the molecule is C=[N+]([O-])P(=O)(COCO[C@@](Cn1cncn1)(c1ccc(F)cc1/C=C\C)C1(c2nc(-c3ccc(C#N)cc3)cs2)CC1)[N+](=C)[O-]. The summed E-state index contributed by atoms with van der Waals surface area (Å²) in [7, 11) is -4.31. The first kappa shape index (κ1) is 31.9. The molecule has 1 atom stereocenters. The summed E-state index contributed by atoms with van der Waals surface area (Å²) < 4.78 is 40.9. The van der Waals surface area contributed by atoms with Crippen LogP contribution in [-0.2, 0) is 31.6 Å². The summed E-state index contributed by atoms with van der Waals surface area (Å²) >= 11 is 1.44. The van der Waals surface area contributed by atoms with E-state index in [0.29, 0.717) is 35.2 Å². The van der Waals surface area contributed by atoms with Crippen LogP contribution in [0.5, 0.6) is 0 Å². The summed E-state index contributed by atoms with van der Waals surface area (Å²) in [6.45, 7) is 7.50. The Hall–Kier alpha value is -4.54. The number of nitriles is 1. The van der Waals surface area contributed by atoms with Crippen molar-refractivity contribution in [1.82, 2.24) is 19.7 Å². The quantitative estimate of drug-likeness (QED) is 0.0422. The first-order valence-electron chi connectivity index (χ1n) is 13.7. The molecule has 45 heavy (non-hydrogen) atoms. The molecule has 0 aliphatic heterocycles. The lowest BCUT2D eigenvalue weighted by Crippen LogP contribution is -2.47. The van der Waals surface area contributed by atoms with E-state index in [9.17, 15) is 24.6 Å². The van der Waals surface area contributed by atoms with E-state index in [1.165, 1.54) is 36.1 Å². The number of rotatable bonds is 14. The van der Waals surface area contributed by atoms with Crippen molar-refractivity contribution >= 4 is 38.3 Å². The summed E-state index contributed by atoms with van der Waals surface area (Å²) in [5.74, 6) is -0.446. The molecule has 1 saturated carbocycles. The largest absolute Gasteiger partial charge is 0.617 e. The fraction of sp³-hybridized carbons (Fsp3) is 0.267. The van der Waals surface area contributed by atoms with Gasteiger partial charge in [0.2, 0.25) is 6.35 Å². The van der Waals surface area contributed by atoms with E-state index in [4.69, 9.17) is 14.5 Å². The molecule has 2 aromatic carbocycles. The van der Waals surface area contributed by atoms with Gasteiger partial charge in [0, 0.05) is 10.9 Å². The molecular formula is C30H29FN7O5PS. The minimum Gasteiger partial charge on any atom is -0.617 e. The van der Waals surface area contributed by atoms with Gasteiger partial charge in [0.25, 0.3) is 0 Å². The molecule has 1 fully saturated rings. The second-order valence-corrected chi connectivity index (χ2v) is 13.8. The average Bonchev–Trinajstić information content (AvgIpc) is 3.41. The number of thiazole rings is 1. The van der Waals surface area contributed by atoms with E-state index in [2.05, 4.69) is 29.6 Å². The van der Waals surface area contributed by atoms with Gasteiger partial charge in [0.15, 0.2) is 0 Å². The highest BCUT2D eigenvalue weighted by Crippen LogP contribution is 2.63. The monoisotopic (exact) mass is 649 g/mol. The van der Waals surface area contributed by atoms with Crippen LogP contribution in [0.2, 0.25) is 0 Å². The van der Waals surface area contributed by atoms with Crippen molar-refractivity contribution in [3.05, 3.63) is 105 Å². The van der Waals surface area contributed by atoms with E-state index in [1.807, 2.05) is 24.4 Å². The number of hydrogen-bond acceptors (Lipinski definition) is 10. The van der Waals surface area contributed by atoms with Crippen molar-refractivity contribution in [3.8, 4) is 17.3 Å². The van der Waals surface area contributed by atoms with Crippen molar-refractivity contribution in [1.29, 1.82) is 5.26 Å². The zero-order valence-corrected chi connectivity index (χ0v) is 26.0. The maximum atomic E-state index is 14.6. The highest BCUT2D eigenvalue weighted by atomic mass is 32.1. The maximum Gasteiger partial charge on any atom is 0.613 e. The predicted molar refractivity (Wildman–Crippen MR) is 167 cm³/mol. The van der Waals surface area contributed by atoms with Crippen LogP contribution in [0.15, 0.2) is 66.6 Å². The van der Waals surface area contributed by atoms with Crippen LogP contribution in [-0.4, -0.2) is 55.3 Å². The van der Waals surface area contributed by atoms with E-state index in [1.54, 1.807) is 35.0 Å². The van der Waals surface area contributed by atoms with Gasteiger partial charge in [-0.3, -0.25) is 0 Å². The van der Waals surface area contributed by atoms with Crippen LogP contribution in [0.4, 0.5) is 4.39 Å². The van der Waals surface area contributed by atoms with E-state index in [0.717, 1.165) is 10.6 Å². The summed E-state index contributed by atoms with van der Waals surface area (Å²) in [4.78, 5) is 9.12. The average molecular weight is 650 g/mol. The third-order valence-corrected chi connectivity index (χ3v) is 10.7. The fourth-order valence-electron chi connectivity index (χ4n) is 5.31. The summed E-state index contributed by atoms with van der Waals surface area (Å²) in [5.41, 5.74) is 1.16. The Morgan fingerprint density at radius 2 is 1.98 bits per heavy atom. The van der Waals surface area contributed by atoms with Gasteiger partial charge in [0.05, 0.1) is 29.3 Å². The molecule has 0 bridgehead atoms. The second kappa shape index (κ2) is 12.8. The highest BCUT2D eigenvalue weighted by molar-refractivity contribution is 7.51. The van der Waals surface area contributed by atoms with Gasteiger partial charge in [-0.2, -0.15) is 14.9 Å². The van der Waals surface area contributed by atoms with Crippen molar-refractivity contribution in [2.24, 2.45) is 0 Å². The Kier molecular flexibility index (Phi) is 9.08. The Morgan fingerprint density at radius 1 is 1.24 bits per heavy atom. The number of allylic oxidation sites excluding steroid dienone is 1. The molecule has 2 heterocycles. The Labute approximate surface area is 262 Å². The van der Waals surface area contributed by atoms with Crippen LogP contribution < -0.4 is 0 Å².